The number of aliphatic hydroxyl groups is 1. The first-order valence-corrected chi connectivity index (χ1v) is 9.56. The van der Waals surface area contributed by atoms with E-state index in [1.807, 2.05) is 0 Å². The second kappa shape index (κ2) is 7.62. The van der Waals surface area contributed by atoms with Crippen LogP contribution in [0.15, 0.2) is 24.3 Å². The number of aromatic amines is 1. The minimum Gasteiger partial charge on any atom is -0.472 e. The third-order valence-corrected chi connectivity index (χ3v) is 5.19. The van der Waals surface area contributed by atoms with Gasteiger partial charge in [0.05, 0.1) is 18.7 Å². The predicted octanol–water partition coefficient (Wildman–Crippen LogP) is 2.37. The average molecular weight is 440 g/mol. The highest BCUT2D eigenvalue weighted by Crippen LogP contribution is 2.31. The molecule has 0 saturated carbocycles. The Labute approximate surface area is 173 Å². The highest BCUT2D eigenvalue weighted by molar-refractivity contribution is 6.32. The number of imidazole rings is 1. The zero-order chi connectivity index (χ0) is 20.8. The maximum atomic E-state index is 13.3. The summed E-state index contributed by atoms with van der Waals surface area (Å²) in [6.45, 7) is 0.335. The number of aromatic nitrogens is 3. The van der Waals surface area contributed by atoms with E-state index in [4.69, 9.17) is 30.5 Å². The van der Waals surface area contributed by atoms with Crippen molar-refractivity contribution in [2.24, 2.45) is 0 Å². The van der Waals surface area contributed by atoms with Crippen LogP contribution in [-0.2, 0) is 16.1 Å². The van der Waals surface area contributed by atoms with E-state index < -0.39 is 29.9 Å². The highest BCUT2D eigenvalue weighted by Gasteiger charge is 2.48. The molecule has 0 amide bonds. The molecule has 4 heterocycles. The molecule has 2 saturated heterocycles. The second-order valence-corrected chi connectivity index (χ2v) is 7.48. The minimum atomic E-state index is -0.700. The Kier molecular flexibility index (Phi) is 4.94. The molecule has 2 aliphatic rings. The Morgan fingerprint density at radius 1 is 1.10 bits per heavy atom. The molecule has 158 valence electrons. The van der Waals surface area contributed by atoms with Gasteiger partial charge in [0.1, 0.15) is 41.6 Å². The van der Waals surface area contributed by atoms with Crippen molar-refractivity contribution in [3.8, 4) is 11.9 Å². The fraction of sp³-hybridized carbons (Fsp3) is 0.368. The molecule has 0 radical (unpaired) electrons. The third kappa shape index (κ3) is 3.67. The number of rotatable bonds is 5. The summed E-state index contributed by atoms with van der Waals surface area (Å²) in [5.41, 5.74) is 1.10. The summed E-state index contributed by atoms with van der Waals surface area (Å²) in [4.78, 5) is 11.5. The van der Waals surface area contributed by atoms with E-state index in [0.717, 1.165) is 18.2 Å². The van der Waals surface area contributed by atoms with Gasteiger partial charge < -0.3 is 29.0 Å². The largest absolute Gasteiger partial charge is 0.472 e. The maximum Gasteiger partial charge on any atom is 0.296 e. The molecule has 2 N–H and O–H groups in total. The molecule has 2 fully saturated rings. The van der Waals surface area contributed by atoms with Gasteiger partial charge in [0, 0.05) is 6.07 Å². The van der Waals surface area contributed by atoms with Crippen LogP contribution < -0.4 is 9.47 Å². The summed E-state index contributed by atoms with van der Waals surface area (Å²) in [6.07, 6.45) is -1.90. The van der Waals surface area contributed by atoms with E-state index in [1.165, 1.54) is 0 Å². The first kappa shape index (κ1) is 19.4. The predicted molar refractivity (Wildman–Crippen MR) is 99.5 cm³/mol. The summed E-state index contributed by atoms with van der Waals surface area (Å²) < 4.78 is 49.0. The maximum absolute atomic E-state index is 13.3. The molecule has 2 aliphatic heterocycles. The normalized spacial score (nSPS) is 25.6. The van der Waals surface area contributed by atoms with Crippen LogP contribution in [0.1, 0.15) is 5.56 Å². The Morgan fingerprint density at radius 3 is 2.67 bits per heavy atom. The Morgan fingerprint density at radius 2 is 1.87 bits per heavy atom. The molecule has 4 atom stereocenters. The lowest BCUT2D eigenvalue weighted by Crippen LogP contribution is -2.34. The van der Waals surface area contributed by atoms with Crippen LogP contribution in [0.25, 0.3) is 11.2 Å². The van der Waals surface area contributed by atoms with E-state index in [-0.39, 0.29) is 48.5 Å². The number of hydrogen-bond acceptors (Lipinski definition) is 7. The van der Waals surface area contributed by atoms with Crippen molar-refractivity contribution >= 4 is 22.8 Å². The molecule has 8 nitrogen and oxygen atoms in total. The number of nitrogens with zero attached hydrogens (tertiary/aromatic N) is 2. The summed E-state index contributed by atoms with van der Waals surface area (Å²) in [5.74, 6) is -1.33. The molecule has 0 spiro atoms. The van der Waals surface area contributed by atoms with Crippen LogP contribution in [0.5, 0.6) is 11.9 Å². The lowest BCUT2D eigenvalue weighted by Gasteiger charge is -2.15. The quantitative estimate of drug-likeness (QED) is 0.629. The summed E-state index contributed by atoms with van der Waals surface area (Å²) in [5, 5.41) is 10.0. The Bertz CT molecular complexity index is 1080. The van der Waals surface area contributed by atoms with Crippen molar-refractivity contribution in [1.29, 1.82) is 0 Å². The summed E-state index contributed by atoms with van der Waals surface area (Å²) in [6, 6.07) is 4.86. The van der Waals surface area contributed by atoms with Crippen LogP contribution in [-0.4, -0.2) is 57.7 Å². The van der Waals surface area contributed by atoms with Gasteiger partial charge in [-0.25, -0.2) is 8.78 Å². The third-order valence-electron chi connectivity index (χ3n) is 4.92. The number of aliphatic hydroxyl groups excluding tert-OH is 1. The lowest BCUT2D eigenvalue weighted by atomic mass is 10.1. The van der Waals surface area contributed by atoms with Crippen LogP contribution in [0.2, 0.25) is 5.02 Å². The molecule has 30 heavy (non-hydrogen) atoms. The number of halogens is 3. The van der Waals surface area contributed by atoms with Crippen LogP contribution >= 0.6 is 11.6 Å². The topological polar surface area (TPSA) is 98.7 Å². The lowest BCUT2D eigenvalue weighted by molar-refractivity contribution is 0.00706. The van der Waals surface area contributed by atoms with Crippen LogP contribution in [0, 0.1) is 11.6 Å². The molecular weight excluding hydrogens is 424 g/mol. The zero-order valence-electron chi connectivity index (χ0n) is 15.3. The fourth-order valence-corrected chi connectivity index (χ4v) is 3.78. The van der Waals surface area contributed by atoms with Crippen molar-refractivity contribution < 1.29 is 32.8 Å². The number of ether oxygens (including phenoxy) is 4. The second-order valence-electron chi connectivity index (χ2n) is 7.07. The van der Waals surface area contributed by atoms with E-state index >= 15 is 0 Å². The molecule has 5 rings (SSSR count). The molecule has 11 heteroatoms. The van der Waals surface area contributed by atoms with Gasteiger partial charge in [-0.15, -0.1) is 0 Å². The van der Waals surface area contributed by atoms with Crippen molar-refractivity contribution in [2.45, 2.75) is 31.0 Å². The minimum absolute atomic E-state index is 0.0680. The van der Waals surface area contributed by atoms with Gasteiger partial charge in [0.25, 0.3) is 6.01 Å². The number of pyridine rings is 1. The Hall–Kier alpha value is -2.53. The first-order chi connectivity index (χ1) is 14.5. The molecule has 3 aromatic rings. The van der Waals surface area contributed by atoms with Gasteiger partial charge in [-0.1, -0.05) is 11.6 Å². The summed E-state index contributed by atoms with van der Waals surface area (Å²) in [7, 11) is 0. The zero-order valence-corrected chi connectivity index (χ0v) is 16.1. The molecule has 0 aliphatic carbocycles. The number of benzene rings is 1. The summed E-state index contributed by atoms with van der Waals surface area (Å²) >= 11 is 6.21. The first-order valence-electron chi connectivity index (χ1n) is 9.18. The number of fused-ring (bicyclic) bond motifs is 2. The fourth-order valence-electron chi connectivity index (χ4n) is 3.57. The van der Waals surface area contributed by atoms with Crippen molar-refractivity contribution in [2.75, 3.05) is 13.2 Å². The van der Waals surface area contributed by atoms with E-state index in [0.29, 0.717) is 11.1 Å². The van der Waals surface area contributed by atoms with Gasteiger partial charge in [0.2, 0.25) is 5.88 Å². The molecule has 0 bridgehead atoms. The number of H-pyrrole nitrogens is 1. The van der Waals surface area contributed by atoms with Crippen LogP contribution in [0.3, 0.4) is 0 Å². The van der Waals surface area contributed by atoms with Crippen molar-refractivity contribution in [1.82, 2.24) is 15.0 Å². The highest BCUT2D eigenvalue weighted by atomic mass is 35.5. The molecule has 2 aromatic heterocycles. The average Bonchev–Trinajstić information content (AvgIpc) is 3.36. The monoisotopic (exact) mass is 439 g/mol. The van der Waals surface area contributed by atoms with Gasteiger partial charge in [0.15, 0.2) is 11.8 Å². The van der Waals surface area contributed by atoms with E-state index in [1.54, 1.807) is 6.07 Å². The smallest absolute Gasteiger partial charge is 0.296 e. The number of hydrogen-bond donors (Lipinski definition) is 2. The standard InChI is InChI=1S/C19H16ClF2N3O5/c20-11-4-12-17(24-18(11)29-5-8-1-9(21)3-10(22)2-8)25-19(23-12)30-14-7-28-15-13(26)6-27-16(14)15/h1-4,13-16,26H,5-7H2,(H,23,24,25)/t13-,14-,15-,16-/m1/s1. The molecular formula is C19H16ClF2N3O5. The SMILES string of the molecule is O[C@@H]1CO[C@H]2[C@@H]1OC[C@H]2Oc1nc2nc(OCc3cc(F)cc(F)c3)c(Cl)cc2[nH]1. The van der Waals surface area contributed by atoms with Crippen molar-refractivity contribution in [3.05, 3.63) is 46.5 Å². The molecule has 1 aromatic carbocycles. The van der Waals surface area contributed by atoms with Gasteiger partial charge in [-0.3, -0.25) is 0 Å². The Balaban J connectivity index is 1.31. The van der Waals surface area contributed by atoms with E-state index in [9.17, 15) is 13.9 Å². The van der Waals surface area contributed by atoms with Crippen molar-refractivity contribution in [3.63, 3.8) is 0 Å². The number of nitrogens with one attached hydrogen (secondary N) is 1. The molecule has 0 unspecified atom stereocenters. The van der Waals surface area contributed by atoms with Gasteiger partial charge >= 0.3 is 0 Å². The van der Waals surface area contributed by atoms with Gasteiger partial charge in [-0.2, -0.15) is 9.97 Å². The van der Waals surface area contributed by atoms with E-state index in [2.05, 4.69) is 15.0 Å². The van der Waals surface area contributed by atoms with Gasteiger partial charge in [-0.05, 0) is 23.8 Å². The van der Waals surface area contributed by atoms with Crippen LogP contribution in [0.4, 0.5) is 8.78 Å².